The molecular weight excluding hydrogens is 366 g/mol. The van der Waals surface area contributed by atoms with Gasteiger partial charge in [-0.05, 0) is 61.2 Å². The number of methoxy groups -OCH3 is 1. The third kappa shape index (κ3) is 3.72. The van der Waals surface area contributed by atoms with Crippen LogP contribution >= 0.6 is 0 Å². The Morgan fingerprint density at radius 1 is 1.10 bits per heavy atom. The molecule has 2 aromatic carbocycles. The fraction of sp³-hybridized carbons (Fsp3) is 0.391. The number of urea groups is 1. The van der Waals surface area contributed by atoms with Crippen LogP contribution in [0.1, 0.15) is 29.5 Å². The third-order valence-corrected chi connectivity index (χ3v) is 6.03. The van der Waals surface area contributed by atoms with E-state index >= 15 is 0 Å². The molecule has 6 heteroatoms. The number of nitrogens with one attached hydrogen (secondary N) is 2. The van der Waals surface area contributed by atoms with Gasteiger partial charge >= 0.3 is 12.0 Å². The van der Waals surface area contributed by atoms with Crippen LogP contribution in [0, 0.1) is 0 Å². The van der Waals surface area contributed by atoms with Crippen molar-refractivity contribution in [2.24, 2.45) is 0 Å². The molecule has 0 aliphatic carbocycles. The second-order valence-electron chi connectivity index (χ2n) is 7.67. The minimum Gasteiger partial charge on any atom is -0.469 e. The Labute approximate surface area is 171 Å². The largest absolute Gasteiger partial charge is 0.469 e. The SMILES string of the molecule is COC(=O)CCC1(c2ccccc2)CNC(=O)N1c1ccc2c(c1)CCNCC2. The van der Waals surface area contributed by atoms with Crippen molar-refractivity contribution in [2.75, 3.05) is 31.6 Å². The van der Waals surface area contributed by atoms with Gasteiger partial charge in [-0.25, -0.2) is 4.79 Å². The first-order chi connectivity index (χ1) is 14.1. The van der Waals surface area contributed by atoms with Gasteiger partial charge in [-0.15, -0.1) is 0 Å². The molecule has 1 saturated heterocycles. The smallest absolute Gasteiger partial charge is 0.322 e. The molecular formula is C23H27N3O3. The van der Waals surface area contributed by atoms with Crippen LogP contribution in [0.4, 0.5) is 10.5 Å². The summed E-state index contributed by atoms with van der Waals surface area (Å²) in [5, 5.41) is 6.44. The average molecular weight is 393 g/mol. The number of fused-ring (bicyclic) bond motifs is 1. The molecule has 0 bridgehead atoms. The van der Waals surface area contributed by atoms with Crippen molar-refractivity contribution in [1.29, 1.82) is 0 Å². The standard InChI is InChI=1S/C23H27N3O3/c1-29-21(27)9-12-23(19-5-3-2-4-6-19)16-25-22(28)26(23)20-8-7-17-10-13-24-14-11-18(17)15-20/h2-8,15,24H,9-14,16H2,1H3,(H,25,28). The van der Waals surface area contributed by atoms with Gasteiger partial charge in [0.25, 0.3) is 0 Å². The lowest BCUT2D eigenvalue weighted by Crippen LogP contribution is -2.45. The van der Waals surface area contributed by atoms with E-state index in [4.69, 9.17) is 4.74 Å². The zero-order chi connectivity index (χ0) is 20.3. The molecule has 2 N–H and O–H groups in total. The van der Waals surface area contributed by atoms with Crippen LogP contribution in [0.2, 0.25) is 0 Å². The number of carbonyl (C=O) groups is 2. The van der Waals surface area contributed by atoms with Crippen LogP contribution in [0.25, 0.3) is 0 Å². The molecule has 2 aliphatic heterocycles. The van der Waals surface area contributed by atoms with Crippen LogP contribution in [0.15, 0.2) is 48.5 Å². The Balaban J connectivity index is 1.77. The highest BCUT2D eigenvalue weighted by atomic mass is 16.5. The maximum Gasteiger partial charge on any atom is 0.322 e. The Morgan fingerprint density at radius 2 is 1.86 bits per heavy atom. The molecule has 4 rings (SSSR count). The number of ether oxygens (including phenoxy) is 1. The average Bonchev–Trinajstić information content (AvgIpc) is 2.93. The van der Waals surface area contributed by atoms with Gasteiger partial charge in [0.1, 0.15) is 0 Å². The topological polar surface area (TPSA) is 70.7 Å². The number of hydrogen-bond acceptors (Lipinski definition) is 4. The van der Waals surface area contributed by atoms with Crippen LogP contribution in [-0.2, 0) is 27.9 Å². The number of rotatable bonds is 5. The molecule has 2 amide bonds. The number of hydrogen-bond donors (Lipinski definition) is 2. The van der Waals surface area contributed by atoms with Crippen LogP contribution in [0.3, 0.4) is 0 Å². The molecule has 1 fully saturated rings. The van der Waals surface area contributed by atoms with Crippen molar-refractivity contribution < 1.29 is 14.3 Å². The molecule has 6 nitrogen and oxygen atoms in total. The van der Waals surface area contributed by atoms with Crippen LogP contribution in [0.5, 0.6) is 0 Å². The van der Waals surface area contributed by atoms with Gasteiger partial charge in [0.2, 0.25) is 0 Å². The number of anilines is 1. The van der Waals surface area contributed by atoms with E-state index in [1.165, 1.54) is 18.2 Å². The first-order valence-electron chi connectivity index (χ1n) is 10.2. The molecule has 2 aromatic rings. The number of carbonyl (C=O) groups excluding carboxylic acids is 2. The molecule has 2 aliphatic rings. The van der Waals surface area contributed by atoms with Crippen molar-refractivity contribution >= 4 is 17.7 Å². The number of amides is 2. The fourth-order valence-corrected chi connectivity index (χ4v) is 4.47. The predicted molar refractivity (Wildman–Crippen MR) is 112 cm³/mol. The first kappa shape index (κ1) is 19.5. The lowest BCUT2D eigenvalue weighted by atomic mass is 9.84. The van der Waals surface area contributed by atoms with E-state index in [2.05, 4.69) is 22.8 Å². The molecule has 29 heavy (non-hydrogen) atoms. The molecule has 1 atom stereocenters. The number of nitrogens with zero attached hydrogens (tertiary/aromatic N) is 1. The molecule has 0 spiro atoms. The highest BCUT2D eigenvalue weighted by Gasteiger charge is 2.47. The Morgan fingerprint density at radius 3 is 2.62 bits per heavy atom. The van der Waals surface area contributed by atoms with Gasteiger partial charge in [0.05, 0.1) is 12.6 Å². The first-order valence-corrected chi connectivity index (χ1v) is 10.2. The second kappa shape index (κ2) is 8.25. The third-order valence-electron chi connectivity index (χ3n) is 6.03. The summed E-state index contributed by atoms with van der Waals surface area (Å²) in [4.78, 5) is 26.8. The van der Waals surface area contributed by atoms with Gasteiger partial charge in [-0.2, -0.15) is 0 Å². The number of esters is 1. The summed E-state index contributed by atoms with van der Waals surface area (Å²) in [6, 6.07) is 16.1. The van der Waals surface area contributed by atoms with Crippen molar-refractivity contribution in [3.8, 4) is 0 Å². The normalized spacial score (nSPS) is 21.3. The van der Waals surface area contributed by atoms with E-state index in [9.17, 15) is 9.59 Å². The highest BCUT2D eigenvalue weighted by Crippen LogP contribution is 2.40. The quantitative estimate of drug-likeness (QED) is 0.767. The summed E-state index contributed by atoms with van der Waals surface area (Å²) in [6.07, 6.45) is 2.67. The molecule has 0 aromatic heterocycles. The van der Waals surface area contributed by atoms with E-state index in [1.54, 1.807) is 0 Å². The van der Waals surface area contributed by atoms with Gasteiger partial charge < -0.3 is 15.4 Å². The molecule has 2 heterocycles. The predicted octanol–water partition coefficient (Wildman–Crippen LogP) is 2.75. The highest BCUT2D eigenvalue weighted by molar-refractivity contribution is 5.96. The van der Waals surface area contributed by atoms with Gasteiger partial charge in [0, 0.05) is 18.7 Å². The van der Waals surface area contributed by atoms with E-state index < -0.39 is 5.54 Å². The lowest BCUT2D eigenvalue weighted by molar-refractivity contribution is -0.141. The Kier molecular flexibility index (Phi) is 5.53. The summed E-state index contributed by atoms with van der Waals surface area (Å²) in [7, 11) is 1.40. The summed E-state index contributed by atoms with van der Waals surface area (Å²) in [6.45, 7) is 2.37. The monoisotopic (exact) mass is 393 g/mol. The van der Waals surface area contributed by atoms with E-state index in [-0.39, 0.29) is 18.4 Å². The van der Waals surface area contributed by atoms with Crippen molar-refractivity contribution in [3.63, 3.8) is 0 Å². The van der Waals surface area contributed by atoms with Crippen LogP contribution in [-0.4, -0.2) is 38.7 Å². The maximum atomic E-state index is 13.0. The van der Waals surface area contributed by atoms with Gasteiger partial charge in [-0.3, -0.25) is 9.69 Å². The summed E-state index contributed by atoms with van der Waals surface area (Å²) < 4.78 is 4.88. The van der Waals surface area contributed by atoms with Gasteiger partial charge in [0.15, 0.2) is 0 Å². The van der Waals surface area contributed by atoms with E-state index in [1.807, 2.05) is 41.3 Å². The molecule has 152 valence electrons. The van der Waals surface area contributed by atoms with Crippen molar-refractivity contribution in [2.45, 2.75) is 31.2 Å². The van der Waals surface area contributed by atoms with Gasteiger partial charge in [-0.1, -0.05) is 36.4 Å². The summed E-state index contributed by atoms with van der Waals surface area (Å²) in [5.74, 6) is -0.271. The van der Waals surface area contributed by atoms with Crippen LogP contribution < -0.4 is 15.5 Å². The summed E-state index contributed by atoms with van der Waals surface area (Å²) >= 11 is 0. The molecule has 0 saturated carbocycles. The van der Waals surface area contributed by atoms with Crippen molar-refractivity contribution in [3.05, 3.63) is 65.2 Å². The zero-order valence-electron chi connectivity index (χ0n) is 16.7. The summed E-state index contributed by atoms with van der Waals surface area (Å²) in [5.41, 5.74) is 3.86. The minimum atomic E-state index is -0.635. The second-order valence-corrected chi connectivity index (χ2v) is 7.67. The number of benzene rings is 2. The van der Waals surface area contributed by atoms with Crippen molar-refractivity contribution in [1.82, 2.24) is 10.6 Å². The Bertz CT molecular complexity index is 899. The lowest BCUT2D eigenvalue weighted by Gasteiger charge is -2.38. The Hall–Kier alpha value is -2.86. The molecule has 1 unspecified atom stereocenters. The maximum absolute atomic E-state index is 13.0. The van der Waals surface area contributed by atoms with E-state index in [0.29, 0.717) is 13.0 Å². The minimum absolute atomic E-state index is 0.134. The fourth-order valence-electron chi connectivity index (χ4n) is 4.47. The molecule has 0 radical (unpaired) electrons. The zero-order valence-corrected chi connectivity index (χ0v) is 16.7. The van der Waals surface area contributed by atoms with E-state index in [0.717, 1.165) is 37.2 Å².